The maximum atomic E-state index is 13.4. The zero-order valence-electron chi connectivity index (χ0n) is 17.9. The van der Waals surface area contributed by atoms with Gasteiger partial charge in [0.15, 0.2) is 0 Å². The van der Waals surface area contributed by atoms with Gasteiger partial charge in [-0.2, -0.15) is 13.2 Å². The molecule has 33 heavy (non-hydrogen) atoms. The number of nitrogens with one attached hydrogen (secondary N) is 2. The van der Waals surface area contributed by atoms with E-state index in [1.807, 2.05) is 0 Å². The van der Waals surface area contributed by atoms with Crippen LogP contribution in [0.1, 0.15) is 30.9 Å². The number of amides is 1. The number of carbonyl (C=O) groups excluding carboxylic acids is 1. The predicted molar refractivity (Wildman–Crippen MR) is 117 cm³/mol. The zero-order chi connectivity index (χ0) is 23.6. The molecule has 4 rings (SSSR count). The first-order chi connectivity index (χ1) is 15.8. The van der Waals surface area contributed by atoms with Gasteiger partial charge in [-0.3, -0.25) is 25.0 Å². The first-order valence-electron chi connectivity index (χ1n) is 10.6. The van der Waals surface area contributed by atoms with Gasteiger partial charge < -0.3 is 4.74 Å². The third-order valence-electron chi connectivity index (χ3n) is 5.99. The number of rotatable bonds is 5. The number of halogens is 3. The lowest BCUT2D eigenvalue weighted by Gasteiger charge is -2.36. The number of carbonyl (C=O) groups is 1. The summed E-state index contributed by atoms with van der Waals surface area (Å²) in [4.78, 5) is 30.6. The van der Waals surface area contributed by atoms with Gasteiger partial charge in [0, 0.05) is 19.8 Å². The Bertz CT molecular complexity index is 1230. The van der Waals surface area contributed by atoms with E-state index in [0.717, 1.165) is 12.1 Å². The number of benzene rings is 2. The highest BCUT2D eigenvalue weighted by Crippen LogP contribution is 2.38. The molecule has 1 aliphatic rings. The fraction of sp³-hybridized carbons (Fsp3) is 0.348. The molecule has 0 spiro atoms. The van der Waals surface area contributed by atoms with Crippen molar-refractivity contribution in [2.75, 3.05) is 18.6 Å². The Morgan fingerprint density at radius 1 is 1.15 bits per heavy atom. The molecule has 1 saturated heterocycles. The summed E-state index contributed by atoms with van der Waals surface area (Å²) in [5, 5.41) is 0.445. The minimum atomic E-state index is -4.52. The molecule has 2 N–H and O–H groups in total. The highest BCUT2D eigenvalue weighted by molar-refractivity contribution is 5.89. The summed E-state index contributed by atoms with van der Waals surface area (Å²) < 4.78 is 46.7. The van der Waals surface area contributed by atoms with Crippen LogP contribution in [0.3, 0.4) is 0 Å². The van der Waals surface area contributed by atoms with E-state index in [0.29, 0.717) is 17.4 Å². The quantitative estimate of drug-likeness (QED) is 0.568. The Labute approximate surface area is 187 Å². The molecule has 7 nitrogen and oxygen atoms in total. The van der Waals surface area contributed by atoms with Crippen LogP contribution in [0.25, 0.3) is 10.9 Å². The van der Waals surface area contributed by atoms with Crippen molar-refractivity contribution < 1.29 is 22.7 Å². The average molecular weight is 460 g/mol. The molecule has 174 valence electrons. The summed E-state index contributed by atoms with van der Waals surface area (Å²) >= 11 is 0. The summed E-state index contributed by atoms with van der Waals surface area (Å²) in [7, 11) is 0. The first-order valence-corrected chi connectivity index (χ1v) is 10.6. The van der Waals surface area contributed by atoms with Gasteiger partial charge in [0.25, 0.3) is 5.56 Å². The van der Waals surface area contributed by atoms with Gasteiger partial charge in [0.05, 0.1) is 21.9 Å². The molecule has 0 bridgehead atoms. The van der Waals surface area contributed by atoms with Crippen molar-refractivity contribution in [1.82, 2.24) is 15.0 Å². The van der Waals surface area contributed by atoms with E-state index in [2.05, 4.69) is 15.8 Å². The van der Waals surface area contributed by atoms with Crippen LogP contribution in [0.4, 0.5) is 19.1 Å². The number of ether oxygens (including phenoxy) is 1. The third kappa shape index (κ3) is 4.30. The van der Waals surface area contributed by atoms with E-state index in [1.54, 1.807) is 31.2 Å². The molecule has 1 amide bonds. The predicted octanol–water partition coefficient (Wildman–Crippen LogP) is 3.63. The second kappa shape index (κ2) is 8.86. The highest BCUT2D eigenvalue weighted by Gasteiger charge is 2.43. The van der Waals surface area contributed by atoms with Gasteiger partial charge in [-0.25, -0.2) is 4.98 Å². The highest BCUT2D eigenvalue weighted by atomic mass is 19.4. The number of alkyl halides is 3. The minimum Gasteiger partial charge on any atom is -0.381 e. The molecule has 0 atom stereocenters. The minimum absolute atomic E-state index is 0.140. The largest absolute Gasteiger partial charge is 0.416 e. The van der Waals surface area contributed by atoms with Crippen LogP contribution in [0.2, 0.25) is 0 Å². The zero-order valence-corrected chi connectivity index (χ0v) is 17.9. The fourth-order valence-electron chi connectivity index (χ4n) is 4.15. The molecule has 0 saturated carbocycles. The first kappa shape index (κ1) is 22.8. The van der Waals surface area contributed by atoms with Gasteiger partial charge >= 0.3 is 6.18 Å². The molecule has 1 aromatic heterocycles. The Morgan fingerprint density at radius 3 is 2.58 bits per heavy atom. The molecule has 2 aromatic carbocycles. The molecule has 0 aliphatic carbocycles. The van der Waals surface area contributed by atoms with Crippen LogP contribution < -0.4 is 16.4 Å². The maximum Gasteiger partial charge on any atom is 0.416 e. The number of para-hydroxylation sites is 1. The Hall–Kier alpha value is -3.40. The summed E-state index contributed by atoms with van der Waals surface area (Å²) in [5.74, 6) is -0.379. The van der Waals surface area contributed by atoms with E-state index >= 15 is 0 Å². The number of hydrogen-bond acceptors (Lipinski definition) is 5. The number of anilines is 1. The molecular formula is C23H23F3N4O3. The van der Waals surface area contributed by atoms with Crippen LogP contribution in [0, 0.1) is 0 Å². The van der Waals surface area contributed by atoms with E-state index < -0.39 is 23.1 Å². The van der Waals surface area contributed by atoms with Crippen molar-refractivity contribution in [3.63, 3.8) is 0 Å². The number of hydrogen-bond donors (Lipinski definition) is 2. The normalized spacial score (nSPS) is 15.9. The molecular weight excluding hydrogens is 437 g/mol. The Balaban J connectivity index is 1.67. The number of hydrazine groups is 1. The van der Waals surface area contributed by atoms with Gasteiger partial charge in [-0.15, -0.1) is 0 Å². The van der Waals surface area contributed by atoms with Crippen molar-refractivity contribution in [2.24, 2.45) is 0 Å². The summed E-state index contributed by atoms with van der Waals surface area (Å²) in [5.41, 5.74) is 3.73. The molecule has 10 heteroatoms. The van der Waals surface area contributed by atoms with E-state index in [1.165, 1.54) is 16.7 Å². The molecule has 3 aromatic rings. The molecule has 1 aliphatic heterocycles. The van der Waals surface area contributed by atoms with Crippen molar-refractivity contribution in [1.29, 1.82) is 0 Å². The molecule has 0 radical (unpaired) electrons. The molecule has 2 heterocycles. The van der Waals surface area contributed by atoms with Crippen LogP contribution in [0.15, 0.2) is 53.3 Å². The van der Waals surface area contributed by atoms with Crippen molar-refractivity contribution >= 4 is 22.8 Å². The second-order valence-corrected chi connectivity index (χ2v) is 7.85. The lowest BCUT2D eigenvalue weighted by molar-refractivity contribution is -0.138. The summed E-state index contributed by atoms with van der Waals surface area (Å²) in [6.45, 7) is 2.55. The monoisotopic (exact) mass is 460 g/mol. The Morgan fingerprint density at radius 2 is 1.88 bits per heavy atom. The second-order valence-electron chi connectivity index (χ2n) is 7.85. The fourth-order valence-corrected chi connectivity index (χ4v) is 4.15. The number of fused-ring (bicyclic) bond motifs is 1. The number of nitrogens with zero attached hydrogens (tertiary/aromatic N) is 2. The van der Waals surface area contributed by atoms with Crippen LogP contribution in [-0.4, -0.2) is 28.7 Å². The SMILES string of the molecule is CCn1c(NNC(=O)C2(c3cccc(C(F)(F)F)c3)CCOCC2)nc2ccccc2c1=O. The molecule has 0 unspecified atom stereocenters. The van der Waals surface area contributed by atoms with Crippen molar-refractivity contribution in [3.05, 3.63) is 70.0 Å². The lowest BCUT2D eigenvalue weighted by Crippen LogP contribution is -2.50. The van der Waals surface area contributed by atoms with Crippen LogP contribution in [0.5, 0.6) is 0 Å². The summed E-state index contributed by atoms with van der Waals surface area (Å²) in [6.07, 6.45) is -4.09. The molecule has 1 fully saturated rings. The summed E-state index contributed by atoms with van der Waals surface area (Å²) in [6, 6.07) is 11.7. The standard InChI is InChI=1S/C23H23F3N4O3/c1-2-30-19(31)17-8-3-4-9-18(17)27-21(30)29-28-20(32)22(10-12-33-13-11-22)15-6-5-7-16(14-15)23(24,25)26/h3-9,14H,2,10-13H2,1H3,(H,27,29)(H,28,32). The van der Waals surface area contributed by atoms with Crippen molar-refractivity contribution in [2.45, 2.75) is 37.9 Å². The lowest BCUT2D eigenvalue weighted by atomic mass is 9.73. The van der Waals surface area contributed by atoms with Gasteiger partial charge in [0.2, 0.25) is 11.9 Å². The third-order valence-corrected chi connectivity index (χ3v) is 5.99. The van der Waals surface area contributed by atoms with Crippen molar-refractivity contribution in [3.8, 4) is 0 Å². The Kier molecular flexibility index (Phi) is 6.11. The van der Waals surface area contributed by atoms with Gasteiger partial charge in [-0.05, 0) is 43.5 Å². The topological polar surface area (TPSA) is 85.2 Å². The van der Waals surface area contributed by atoms with E-state index in [4.69, 9.17) is 4.74 Å². The van der Waals surface area contributed by atoms with Gasteiger partial charge in [0.1, 0.15) is 0 Å². The average Bonchev–Trinajstić information content (AvgIpc) is 2.82. The maximum absolute atomic E-state index is 13.4. The van der Waals surface area contributed by atoms with E-state index in [-0.39, 0.29) is 43.1 Å². The smallest absolute Gasteiger partial charge is 0.381 e. The van der Waals surface area contributed by atoms with Crippen LogP contribution >= 0.6 is 0 Å². The number of aromatic nitrogens is 2. The van der Waals surface area contributed by atoms with E-state index in [9.17, 15) is 22.8 Å². The van der Waals surface area contributed by atoms with Gasteiger partial charge in [-0.1, -0.05) is 30.3 Å². The van der Waals surface area contributed by atoms with Crippen LogP contribution in [-0.2, 0) is 27.7 Å².